The van der Waals surface area contributed by atoms with Crippen LogP contribution in [-0.2, 0) is 18.9 Å². The Balaban J connectivity index is 1.13. The summed E-state index contributed by atoms with van der Waals surface area (Å²) < 4.78 is 21.9. The maximum Gasteiger partial charge on any atom is 0.0936 e. The summed E-state index contributed by atoms with van der Waals surface area (Å²) in [5, 5.41) is 0.307. The highest BCUT2D eigenvalue weighted by molar-refractivity contribution is 6.20. The Hall–Kier alpha value is 0.0500. The average Bonchev–Trinajstić information content (AvgIpc) is 3.41. The molecular weight excluding hydrogens is 368 g/mol. The molecule has 7 heteroatoms. The smallest absolute Gasteiger partial charge is 0.0936 e. The Labute approximate surface area is 167 Å². The quantitative estimate of drug-likeness (QED) is 0.362. The van der Waals surface area contributed by atoms with Crippen LogP contribution in [0.5, 0.6) is 0 Å². The van der Waals surface area contributed by atoms with Gasteiger partial charge in [-0.2, -0.15) is 0 Å². The first-order chi connectivity index (χ1) is 13.2. The molecule has 0 bridgehead atoms. The number of ether oxygens (including phenoxy) is 4. The van der Waals surface area contributed by atoms with Crippen LogP contribution in [0.1, 0.15) is 19.3 Å². The second-order valence-electron chi connectivity index (χ2n) is 9.29. The van der Waals surface area contributed by atoms with Crippen molar-refractivity contribution in [3.05, 3.63) is 0 Å². The van der Waals surface area contributed by atoms with Crippen LogP contribution >= 0.6 is 11.6 Å². The van der Waals surface area contributed by atoms with Crippen LogP contribution in [0.2, 0.25) is 0 Å². The number of nitrogens with zero attached hydrogens (tertiary/aromatic N) is 2. The van der Waals surface area contributed by atoms with Crippen molar-refractivity contribution in [3.63, 3.8) is 0 Å². The van der Waals surface area contributed by atoms with E-state index in [1.807, 2.05) is 0 Å². The summed E-state index contributed by atoms with van der Waals surface area (Å²) in [7, 11) is 0. The van der Waals surface area contributed by atoms with Crippen LogP contribution in [0.25, 0.3) is 0 Å². The first-order valence-corrected chi connectivity index (χ1v) is 11.2. The van der Waals surface area contributed by atoms with E-state index in [1.54, 1.807) is 0 Å². The van der Waals surface area contributed by atoms with Gasteiger partial charge in [0.25, 0.3) is 0 Å². The van der Waals surface area contributed by atoms with Crippen LogP contribution in [0, 0.1) is 11.8 Å². The Bertz CT molecular complexity index is 426. The molecule has 0 aromatic carbocycles. The number of hydrogen-bond donors (Lipinski definition) is 0. The van der Waals surface area contributed by atoms with Crippen LogP contribution < -0.4 is 0 Å². The third kappa shape index (κ3) is 6.53. The van der Waals surface area contributed by atoms with Crippen molar-refractivity contribution in [3.8, 4) is 0 Å². The minimum absolute atomic E-state index is 0.307. The van der Waals surface area contributed by atoms with Gasteiger partial charge in [-0.1, -0.05) is 0 Å². The van der Waals surface area contributed by atoms with Gasteiger partial charge in [0.15, 0.2) is 0 Å². The average molecular weight is 401 g/mol. The number of epoxide rings is 4. The lowest BCUT2D eigenvalue weighted by molar-refractivity contribution is 0.127. The molecule has 0 radical (unpaired) electrons. The van der Waals surface area contributed by atoms with Crippen molar-refractivity contribution in [1.82, 2.24) is 9.80 Å². The highest BCUT2D eigenvalue weighted by atomic mass is 35.5. The molecule has 5 rings (SSSR count). The van der Waals surface area contributed by atoms with E-state index >= 15 is 0 Å². The maximum atomic E-state index is 6.71. The van der Waals surface area contributed by atoms with E-state index in [4.69, 9.17) is 30.5 Å². The first-order valence-electron chi connectivity index (χ1n) is 10.7. The normalized spacial score (nSPS) is 42.6. The van der Waals surface area contributed by atoms with Gasteiger partial charge < -0.3 is 18.9 Å². The number of alkyl halides is 1. The molecule has 4 aliphatic heterocycles. The number of rotatable bonds is 12. The number of halogens is 1. The monoisotopic (exact) mass is 400 g/mol. The third-order valence-electron chi connectivity index (χ3n) is 6.33. The van der Waals surface area contributed by atoms with E-state index in [9.17, 15) is 0 Å². The highest BCUT2D eigenvalue weighted by Crippen LogP contribution is 2.34. The molecule has 0 N–H and O–H groups in total. The third-order valence-corrected chi connectivity index (χ3v) is 6.69. The molecule has 4 heterocycles. The second-order valence-corrected chi connectivity index (χ2v) is 9.91. The highest BCUT2D eigenvalue weighted by Gasteiger charge is 2.36. The topological polar surface area (TPSA) is 56.6 Å². The molecule has 6 unspecified atom stereocenters. The van der Waals surface area contributed by atoms with Crippen molar-refractivity contribution in [2.75, 3.05) is 65.7 Å². The fourth-order valence-electron chi connectivity index (χ4n) is 4.80. The summed E-state index contributed by atoms with van der Waals surface area (Å²) in [4.78, 5) is 5.14. The van der Waals surface area contributed by atoms with Gasteiger partial charge in [-0.25, -0.2) is 0 Å². The van der Waals surface area contributed by atoms with E-state index in [-0.39, 0.29) is 0 Å². The van der Waals surface area contributed by atoms with Crippen LogP contribution in [0.3, 0.4) is 0 Å². The van der Waals surface area contributed by atoms with Gasteiger partial charge in [0.05, 0.1) is 50.8 Å². The summed E-state index contributed by atoms with van der Waals surface area (Å²) >= 11 is 6.71. The first kappa shape index (κ1) is 19.0. The van der Waals surface area contributed by atoms with E-state index in [2.05, 4.69) is 9.80 Å². The minimum atomic E-state index is 0.307. The van der Waals surface area contributed by atoms with Gasteiger partial charge in [-0.15, -0.1) is 11.6 Å². The summed E-state index contributed by atoms with van der Waals surface area (Å²) in [5.74, 6) is 1.36. The largest absolute Gasteiger partial charge is 0.372 e. The van der Waals surface area contributed by atoms with Crippen molar-refractivity contribution < 1.29 is 18.9 Å². The molecule has 1 aliphatic carbocycles. The van der Waals surface area contributed by atoms with Crippen molar-refractivity contribution in [2.45, 2.75) is 49.1 Å². The minimum Gasteiger partial charge on any atom is -0.372 e. The van der Waals surface area contributed by atoms with E-state index in [1.165, 1.54) is 6.42 Å². The molecule has 27 heavy (non-hydrogen) atoms. The maximum absolute atomic E-state index is 6.71. The molecule has 0 spiro atoms. The molecule has 1 saturated carbocycles. The van der Waals surface area contributed by atoms with Gasteiger partial charge in [0, 0.05) is 44.6 Å². The summed E-state index contributed by atoms with van der Waals surface area (Å²) in [5.41, 5.74) is 0. The predicted octanol–water partition coefficient (Wildman–Crippen LogP) is 1.21. The van der Waals surface area contributed by atoms with Crippen LogP contribution in [0.4, 0.5) is 0 Å². The summed E-state index contributed by atoms with van der Waals surface area (Å²) in [6, 6.07) is 0. The Morgan fingerprint density at radius 2 is 0.889 bits per heavy atom. The van der Waals surface area contributed by atoms with Gasteiger partial charge in [0.2, 0.25) is 0 Å². The van der Waals surface area contributed by atoms with Crippen molar-refractivity contribution in [2.24, 2.45) is 11.8 Å². The predicted molar refractivity (Wildman–Crippen MR) is 102 cm³/mol. The molecule has 154 valence electrons. The Morgan fingerprint density at radius 3 is 1.19 bits per heavy atom. The molecule has 6 nitrogen and oxygen atoms in total. The molecular formula is C20H33ClN2O4. The standard InChI is InChI=1S/C20H33ClN2O4/c21-16-2-14(4-22(6-17-10-24-17)7-18-11-25-18)1-15(3-16)5-23(8-19-12-26-19)9-20-13-27-20/h14-20H,1-13H2. The molecule has 0 aromatic heterocycles. The SMILES string of the molecule is ClC1CC(CN(CC2CO2)CC2CO2)CC(CN(CC2CO2)CC2CO2)C1. The van der Waals surface area contributed by atoms with Gasteiger partial charge in [-0.05, 0) is 31.1 Å². The lowest BCUT2D eigenvalue weighted by Gasteiger charge is -2.37. The Kier molecular flexibility index (Phi) is 5.94. The van der Waals surface area contributed by atoms with E-state index in [0.717, 1.165) is 78.5 Å². The molecule has 0 amide bonds. The van der Waals surface area contributed by atoms with Gasteiger partial charge >= 0.3 is 0 Å². The zero-order chi connectivity index (χ0) is 18.2. The Morgan fingerprint density at radius 1 is 0.556 bits per heavy atom. The lowest BCUT2D eigenvalue weighted by atomic mass is 9.80. The molecule has 4 saturated heterocycles. The molecule has 0 aromatic rings. The number of hydrogen-bond acceptors (Lipinski definition) is 6. The fraction of sp³-hybridized carbons (Fsp3) is 1.00. The van der Waals surface area contributed by atoms with Gasteiger partial charge in [-0.3, -0.25) is 9.80 Å². The van der Waals surface area contributed by atoms with E-state index < -0.39 is 0 Å². The lowest BCUT2D eigenvalue weighted by Crippen LogP contribution is -2.42. The van der Waals surface area contributed by atoms with E-state index in [0.29, 0.717) is 41.6 Å². The molecule has 6 atom stereocenters. The fourth-order valence-corrected chi connectivity index (χ4v) is 5.31. The van der Waals surface area contributed by atoms with Crippen molar-refractivity contribution in [1.29, 1.82) is 0 Å². The second kappa shape index (κ2) is 8.42. The summed E-state index contributed by atoms with van der Waals surface area (Å²) in [6.45, 7) is 10.2. The summed E-state index contributed by atoms with van der Waals surface area (Å²) in [6.07, 6.45) is 5.35. The zero-order valence-corrected chi connectivity index (χ0v) is 16.9. The molecule has 5 aliphatic rings. The van der Waals surface area contributed by atoms with Crippen LogP contribution in [-0.4, -0.2) is 105 Å². The molecule has 5 fully saturated rings. The van der Waals surface area contributed by atoms with Crippen molar-refractivity contribution >= 4 is 11.6 Å². The van der Waals surface area contributed by atoms with Crippen LogP contribution in [0.15, 0.2) is 0 Å². The van der Waals surface area contributed by atoms with Gasteiger partial charge in [0.1, 0.15) is 0 Å². The zero-order valence-electron chi connectivity index (χ0n) is 16.1.